The van der Waals surface area contributed by atoms with E-state index in [1.807, 2.05) is 32.0 Å². The minimum absolute atomic E-state index is 0.0427. The van der Waals surface area contributed by atoms with E-state index in [0.29, 0.717) is 31.8 Å². The van der Waals surface area contributed by atoms with Gasteiger partial charge in [-0.25, -0.2) is 0 Å². The zero-order chi connectivity index (χ0) is 16.8. The predicted octanol–water partition coefficient (Wildman–Crippen LogP) is 0.907. The van der Waals surface area contributed by atoms with Crippen LogP contribution in [-0.2, 0) is 14.3 Å². The first-order valence-corrected chi connectivity index (χ1v) is 7.74. The quantitative estimate of drug-likeness (QED) is 0.846. The lowest BCUT2D eigenvalue weighted by molar-refractivity contribution is -0.149. The Morgan fingerprint density at radius 2 is 2.04 bits per heavy atom. The van der Waals surface area contributed by atoms with E-state index in [0.717, 1.165) is 11.1 Å². The summed E-state index contributed by atoms with van der Waals surface area (Å²) < 4.78 is 10.5. The maximum atomic E-state index is 12.2. The summed E-state index contributed by atoms with van der Waals surface area (Å²) >= 11 is 0. The molecule has 0 radical (unpaired) electrons. The largest absolute Gasteiger partial charge is 0.383 e. The van der Waals surface area contributed by atoms with E-state index in [2.05, 4.69) is 5.32 Å². The molecule has 1 heterocycles. The molecule has 2 rings (SSSR count). The van der Waals surface area contributed by atoms with Gasteiger partial charge >= 0.3 is 0 Å². The number of carbonyl (C=O) groups is 2. The number of rotatable bonds is 6. The molecule has 1 unspecified atom stereocenters. The molecule has 0 spiro atoms. The van der Waals surface area contributed by atoms with Crippen LogP contribution in [0.2, 0.25) is 0 Å². The Bertz CT molecular complexity index is 553. The van der Waals surface area contributed by atoms with Crippen molar-refractivity contribution in [1.29, 1.82) is 0 Å². The van der Waals surface area contributed by atoms with Gasteiger partial charge in [-0.15, -0.1) is 0 Å². The van der Waals surface area contributed by atoms with E-state index in [1.54, 1.807) is 12.0 Å². The van der Waals surface area contributed by atoms with Crippen molar-refractivity contribution in [3.8, 4) is 0 Å². The topological polar surface area (TPSA) is 67.9 Å². The number of methoxy groups -OCH3 is 1. The van der Waals surface area contributed by atoms with Crippen molar-refractivity contribution in [1.82, 2.24) is 10.2 Å². The summed E-state index contributed by atoms with van der Waals surface area (Å²) in [5.41, 5.74) is 2.76. The summed E-state index contributed by atoms with van der Waals surface area (Å²) in [5.74, 6) is -0.167. The second kappa shape index (κ2) is 8.08. The third-order valence-electron chi connectivity index (χ3n) is 3.76. The molecule has 1 N–H and O–H groups in total. The Morgan fingerprint density at radius 3 is 2.70 bits per heavy atom. The molecule has 126 valence electrons. The summed E-state index contributed by atoms with van der Waals surface area (Å²) in [7, 11) is 1.60. The Morgan fingerprint density at radius 1 is 1.35 bits per heavy atom. The number of carbonyl (C=O) groups excluding carboxylic acids is 2. The van der Waals surface area contributed by atoms with Crippen molar-refractivity contribution in [2.75, 3.05) is 40.0 Å². The number of morpholine rings is 1. The highest BCUT2D eigenvalue weighted by atomic mass is 16.5. The number of nitrogens with one attached hydrogen (secondary N) is 1. The van der Waals surface area contributed by atoms with Gasteiger partial charge in [0.05, 0.1) is 12.7 Å². The standard InChI is InChI=1S/C17H24N2O4/c1-12-6-13(2)8-14(7-12)17(21)18-9-15-10-19(4-5-22-3)16(20)11-23-15/h6-8,15H,4-5,9-11H2,1-3H3,(H,18,21). The first-order valence-electron chi connectivity index (χ1n) is 7.74. The van der Waals surface area contributed by atoms with Crippen LogP contribution in [0.15, 0.2) is 18.2 Å². The summed E-state index contributed by atoms with van der Waals surface area (Å²) in [6.07, 6.45) is -0.195. The van der Waals surface area contributed by atoms with E-state index in [1.165, 1.54) is 0 Å². The summed E-state index contributed by atoms with van der Waals surface area (Å²) in [6, 6.07) is 5.75. The van der Waals surface area contributed by atoms with Crippen molar-refractivity contribution in [2.24, 2.45) is 0 Å². The van der Waals surface area contributed by atoms with Crippen molar-refractivity contribution in [3.05, 3.63) is 34.9 Å². The number of hydrogen-bond acceptors (Lipinski definition) is 4. The van der Waals surface area contributed by atoms with Crippen molar-refractivity contribution < 1.29 is 19.1 Å². The molecular formula is C17H24N2O4. The molecule has 0 aromatic heterocycles. The number of ether oxygens (including phenoxy) is 2. The molecule has 1 saturated heterocycles. The highest BCUT2D eigenvalue weighted by Gasteiger charge is 2.26. The van der Waals surface area contributed by atoms with Crippen LogP contribution in [0.5, 0.6) is 0 Å². The van der Waals surface area contributed by atoms with Crippen LogP contribution in [0.1, 0.15) is 21.5 Å². The molecule has 0 saturated carbocycles. The second-order valence-corrected chi connectivity index (χ2v) is 5.85. The third-order valence-corrected chi connectivity index (χ3v) is 3.76. The normalized spacial score (nSPS) is 18.1. The van der Waals surface area contributed by atoms with Crippen LogP contribution in [0.3, 0.4) is 0 Å². The molecule has 0 bridgehead atoms. The van der Waals surface area contributed by atoms with Crippen molar-refractivity contribution >= 4 is 11.8 Å². The average Bonchev–Trinajstić information content (AvgIpc) is 2.51. The van der Waals surface area contributed by atoms with Crippen LogP contribution in [-0.4, -0.2) is 62.8 Å². The summed E-state index contributed by atoms with van der Waals surface area (Å²) in [4.78, 5) is 25.7. The van der Waals surface area contributed by atoms with Crippen molar-refractivity contribution in [3.63, 3.8) is 0 Å². The van der Waals surface area contributed by atoms with Crippen LogP contribution >= 0.6 is 0 Å². The third kappa shape index (κ3) is 5.04. The first kappa shape index (κ1) is 17.4. The van der Waals surface area contributed by atoms with Gasteiger partial charge in [0, 0.05) is 32.3 Å². The van der Waals surface area contributed by atoms with Crippen molar-refractivity contribution in [2.45, 2.75) is 20.0 Å². The minimum atomic E-state index is -0.195. The Hall–Kier alpha value is -1.92. The Labute approximate surface area is 136 Å². The van der Waals surface area contributed by atoms with Crippen LogP contribution in [0.4, 0.5) is 0 Å². The molecule has 1 aromatic carbocycles. The minimum Gasteiger partial charge on any atom is -0.383 e. The first-order chi connectivity index (χ1) is 11.0. The number of nitrogens with zero attached hydrogens (tertiary/aromatic N) is 1. The monoisotopic (exact) mass is 320 g/mol. The van der Waals surface area contributed by atoms with Crippen LogP contribution < -0.4 is 5.32 Å². The summed E-state index contributed by atoms with van der Waals surface area (Å²) in [5, 5.41) is 2.88. The van der Waals surface area contributed by atoms with E-state index < -0.39 is 0 Å². The zero-order valence-corrected chi connectivity index (χ0v) is 13.9. The van der Waals surface area contributed by atoms with Gasteiger partial charge in [0.1, 0.15) is 6.61 Å². The molecule has 6 heteroatoms. The molecule has 1 aliphatic heterocycles. The fraction of sp³-hybridized carbons (Fsp3) is 0.529. The average molecular weight is 320 g/mol. The smallest absolute Gasteiger partial charge is 0.251 e. The summed E-state index contributed by atoms with van der Waals surface area (Å²) in [6.45, 7) is 5.86. The number of aryl methyl sites for hydroxylation is 2. The number of hydrogen-bond donors (Lipinski definition) is 1. The fourth-order valence-corrected chi connectivity index (χ4v) is 2.64. The number of benzene rings is 1. The maximum absolute atomic E-state index is 12.2. The van der Waals surface area contributed by atoms with E-state index in [9.17, 15) is 9.59 Å². The number of amides is 2. The Balaban J connectivity index is 1.87. The van der Waals surface area contributed by atoms with E-state index in [4.69, 9.17) is 9.47 Å². The van der Waals surface area contributed by atoms with Crippen LogP contribution in [0.25, 0.3) is 0 Å². The van der Waals surface area contributed by atoms with Gasteiger partial charge in [0.15, 0.2) is 0 Å². The fourth-order valence-electron chi connectivity index (χ4n) is 2.64. The highest BCUT2D eigenvalue weighted by Crippen LogP contribution is 2.10. The van der Waals surface area contributed by atoms with Gasteiger partial charge in [-0.05, 0) is 26.0 Å². The zero-order valence-electron chi connectivity index (χ0n) is 13.9. The van der Waals surface area contributed by atoms with Crippen LogP contribution in [0, 0.1) is 13.8 Å². The molecular weight excluding hydrogens is 296 g/mol. The van der Waals surface area contributed by atoms with Gasteiger partial charge in [-0.3, -0.25) is 9.59 Å². The molecule has 1 aliphatic rings. The molecule has 6 nitrogen and oxygen atoms in total. The van der Waals surface area contributed by atoms with E-state index in [-0.39, 0.29) is 24.5 Å². The van der Waals surface area contributed by atoms with Gasteiger partial charge in [0.25, 0.3) is 5.91 Å². The molecule has 1 aromatic rings. The molecule has 23 heavy (non-hydrogen) atoms. The molecule has 1 atom stereocenters. The lowest BCUT2D eigenvalue weighted by Gasteiger charge is -2.32. The SMILES string of the molecule is COCCN1CC(CNC(=O)c2cc(C)cc(C)c2)OCC1=O. The highest BCUT2D eigenvalue weighted by molar-refractivity contribution is 5.94. The predicted molar refractivity (Wildman–Crippen MR) is 86.4 cm³/mol. The van der Waals surface area contributed by atoms with Gasteiger partial charge in [-0.2, -0.15) is 0 Å². The second-order valence-electron chi connectivity index (χ2n) is 5.85. The molecule has 1 fully saturated rings. The molecule has 2 amide bonds. The Kier molecular flexibility index (Phi) is 6.12. The van der Waals surface area contributed by atoms with Gasteiger partial charge in [-0.1, -0.05) is 17.2 Å². The molecule has 0 aliphatic carbocycles. The van der Waals surface area contributed by atoms with Gasteiger partial charge in [0.2, 0.25) is 5.91 Å². The van der Waals surface area contributed by atoms with Gasteiger partial charge < -0.3 is 19.7 Å². The lowest BCUT2D eigenvalue weighted by Crippen LogP contribution is -2.51. The maximum Gasteiger partial charge on any atom is 0.251 e. The van der Waals surface area contributed by atoms with E-state index >= 15 is 0 Å². The lowest BCUT2D eigenvalue weighted by atomic mass is 10.1.